The fraction of sp³-hybridized carbons (Fsp3) is 0.318. The fourth-order valence-corrected chi connectivity index (χ4v) is 3.68. The van der Waals surface area contributed by atoms with Gasteiger partial charge in [-0.3, -0.25) is 19.4 Å². The number of fused-ring (bicyclic) bond motifs is 1. The van der Waals surface area contributed by atoms with E-state index in [1.54, 1.807) is 18.2 Å². The van der Waals surface area contributed by atoms with E-state index in [0.29, 0.717) is 23.7 Å². The number of ether oxygens (including phenoxy) is 2. The number of methoxy groups -OCH3 is 2. The SMILES string of the molecule is COc1ccc(N2C(=O)[C@H]3N=NN(CC(=O)NCc4ccc(C)cc4)[C@@H]3C2=O)cc1OC. The molecule has 0 spiro atoms. The summed E-state index contributed by atoms with van der Waals surface area (Å²) in [6.07, 6.45) is 0. The summed E-state index contributed by atoms with van der Waals surface area (Å²) in [6, 6.07) is 10.6. The van der Waals surface area contributed by atoms with Crippen LogP contribution in [0, 0.1) is 6.92 Å². The molecule has 10 heteroatoms. The van der Waals surface area contributed by atoms with Crippen molar-refractivity contribution in [3.63, 3.8) is 0 Å². The molecule has 1 saturated heterocycles. The van der Waals surface area contributed by atoms with Crippen LogP contribution in [0.3, 0.4) is 0 Å². The lowest BCUT2D eigenvalue weighted by atomic mass is 10.1. The second-order valence-electron chi connectivity index (χ2n) is 7.51. The van der Waals surface area contributed by atoms with E-state index in [0.717, 1.165) is 16.0 Å². The molecule has 0 bridgehead atoms. The Kier molecular flexibility index (Phi) is 5.76. The molecule has 0 unspecified atom stereocenters. The molecular weight excluding hydrogens is 414 g/mol. The lowest BCUT2D eigenvalue weighted by Crippen LogP contribution is -2.44. The van der Waals surface area contributed by atoms with E-state index < -0.39 is 23.9 Å². The Labute approximate surface area is 184 Å². The van der Waals surface area contributed by atoms with E-state index in [-0.39, 0.29) is 12.5 Å². The van der Waals surface area contributed by atoms with Gasteiger partial charge >= 0.3 is 0 Å². The molecule has 2 atom stereocenters. The van der Waals surface area contributed by atoms with Crippen LogP contribution in [0.25, 0.3) is 0 Å². The summed E-state index contributed by atoms with van der Waals surface area (Å²) in [6.45, 7) is 2.15. The minimum atomic E-state index is -0.986. The number of imide groups is 1. The minimum Gasteiger partial charge on any atom is -0.493 e. The Balaban J connectivity index is 1.44. The monoisotopic (exact) mass is 437 g/mol. The van der Waals surface area contributed by atoms with Crippen molar-refractivity contribution >= 4 is 23.4 Å². The quantitative estimate of drug-likeness (QED) is 0.659. The Morgan fingerprint density at radius 1 is 1.03 bits per heavy atom. The van der Waals surface area contributed by atoms with Crippen LogP contribution in [-0.2, 0) is 20.9 Å². The average Bonchev–Trinajstić information content (AvgIpc) is 3.32. The average molecular weight is 437 g/mol. The second kappa shape index (κ2) is 8.66. The standard InChI is InChI=1S/C22H23N5O5/c1-13-4-6-14(7-5-13)11-23-18(28)12-26-20-19(24-25-26)21(29)27(22(20)30)15-8-9-16(31-2)17(10-15)32-3/h4-10,19-20H,11-12H2,1-3H3,(H,23,28)/t19-,20-/m0/s1. The first-order valence-corrected chi connectivity index (χ1v) is 10.0. The van der Waals surface area contributed by atoms with Gasteiger partial charge in [0, 0.05) is 12.6 Å². The van der Waals surface area contributed by atoms with Gasteiger partial charge in [0.05, 0.1) is 19.9 Å². The number of benzene rings is 2. The molecule has 1 fully saturated rings. The summed E-state index contributed by atoms with van der Waals surface area (Å²) in [4.78, 5) is 39.4. The molecule has 4 rings (SSSR count). The lowest BCUT2D eigenvalue weighted by Gasteiger charge is -2.20. The van der Waals surface area contributed by atoms with Gasteiger partial charge in [-0.25, -0.2) is 4.90 Å². The number of rotatable bonds is 7. The minimum absolute atomic E-state index is 0.185. The summed E-state index contributed by atoms with van der Waals surface area (Å²) >= 11 is 0. The Bertz CT molecular complexity index is 1080. The van der Waals surface area contributed by atoms with Crippen molar-refractivity contribution in [3.05, 3.63) is 53.6 Å². The van der Waals surface area contributed by atoms with E-state index in [4.69, 9.17) is 9.47 Å². The maximum absolute atomic E-state index is 13.1. The highest BCUT2D eigenvalue weighted by Crippen LogP contribution is 2.36. The number of nitrogens with zero attached hydrogens (tertiary/aromatic N) is 4. The van der Waals surface area contributed by atoms with Crippen LogP contribution in [0.5, 0.6) is 11.5 Å². The number of amides is 3. The van der Waals surface area contributed by atoms with Crippen molar-refractivity contribution in [1.29, 1.82) is 0 Å². The Morgan fingerprint density at radius 2 is 1.75 bits per heavy atom. The molecule has 3 amide bonds. The number of nitrogens with one attached hydrogen (secondary N) is 1. The third-order valence-electron chi connectivity index (χ3n) is 5.40. The first-order chi connectivity index (χ1) is 15.4. The summed E-state index contributed by atoms with van der Waals surface area (Å²) in [7, 11) is 2.96. The molecule has 0 saturated carbocycles. The zero-order chi connectivity index (χ0) is 22.8. The molecule has 32 heavy (non-hydrogen) atoms. The smallest absolute Gasteiger partial charge is 0.263 e. The number of hydrogen-bond acceptors (Lipinski definition) is 8. The summed E-state index contributed by atoms with van der Waals surface area (Å²) in [5.74, 6) is -0.462. The van der Waals surface area contributed by atoms with Gasteiger partial charge < -0.3 is 14.8 Å². The van der Waals surface area contributed by atoms with Crippen LogP contribution in [0.1, 0.15) is 11.1 Å². The van der Waals surface area contributed by atoms with Crippen LogP contribution < -0.4 is 19.7 Å². The van der Waals surface area contributed by atoms with Gasteiger partial charge in [-0.2, -0.15) is 5.11 Å². The maximum atomic E-state index is 13.1. The van der Waals surface area contributed by atoms with E-state index in [9.17, 15) is 14.4 Å². The molecule has 0 aromatic heterocycles. The largest absolute Gasteiger partial charge is 0.493 e. The van der Waals surface area contributed by atoms with Crippen LogP contribution >= 0.6 is 0 Å². The van der Waals surface area contributed by atoms with Crippen LogP contribution in [0.2, 0.25) is 0 Å². The molecule has 2 aromatic rings. The Morgan fingerprint density at radius 3 is 2.44 bits per heavy atom. The number of aryl methyl sites for hydroxylation is 1. The fourth-order valence-electron chi connectivity index (χ4n) is 3.68. The van der Waals surface area contributed by atoms with Gasteiger partial charge in [0.25, 0.3) is 11.8 Å². The van der Waals surface area contributed by atoms with Crippen LogP contribution in [0.15, 0.2) is 52.8 Å². The molecule has 0 aliphatic carbocycles. The van der Waals surface area contributed by atoms with E-state index in [2.05, 4.69) is 15.7 Å². The predicted molar refractivity (Wildman–Crippen MR) is 114 cm³/mol. The molecule has 2 aromatic carbocycles. The van der Waals surface area contributed by atoms with Crippen molar-refractivity contribution in [3.8, 4) is 11.5 Å². The van der Waals surface area contributed by atoms with Crippen molar-refractivity contribution in [2.24, 2.45) is 10.3 Å². The summed E-state index contributed by atoms with van der Waals surface area (Å²) in [5.41, 5.74) is 2.43. The van der Waals surface area contributed by atoms with E-state index in [1.165, 1.54) is 19.2 Å². The van der Waals surface area contributed by atoms with E-state index >= 15 is 0 Å². The van der Waals surface area contributed by atoms with Crippen molar-refractivity contribution in [2.45, 2.75) is 25.6 Å². The Hall–Kier alpha value is -3.95. The first-order valence-electron chi connectivity index (χ1n) is 10.0. The number of anilines is 1. The zero-order valence-electron chi connectivity index (χ0n) is 17.9. The first kappa shape index (κ1) is 21.3. The topological polar surface area (TPSA) is 113 Å². The molecule has 10 nitrogen and oxygen atoms in total. The van der Waals surface area contributed by atoms with Crippen molar-refractivity contribution in [2.75, 3.05) is 25.7 Å². The van der Waals surface area contributed by atoms with Gasteiger partial charge in [0.15, 0.2) is 23.6 Å². The summed E-state index contributed by atoms with van der Waals surface area (Å²) < 4.78 is 10.5. The highest BCUT2D eigenvalue weighted by Gasteiger charge is 2.55. The molecule has 166 valence electrons. The maximum Gasteiger partial charge on any atom is 0.263 e. The van der Waals surface area contributed by atoms with Crippen LogP contribution in [-0.4, -0.2) is 55.6 Å². The normalized spacial score (nSPS) is 19.3. The van der Waals surface area contributed by atoms with Gasteiger partial charge in [0.1, 0.15) is 6.54 Å². The summed E-state index contributed by atoms with van der Waals surface area (Å²) in [5, 5.41) is 11.9. The van der Waals surface area contributed by atoms with Gasteiger partial charge in [-0.1, -0.05) is 35.1 Å². The van der Waals surface area contributed by atoms with Crippen molar-refractivity contribution < 1.29 is 23.9 Å². The van der Waals surface area contributed by atoms with Crippen LogP contribution in [0.4, 0.5) is 5.69 Å². The van der Waals surface area contributed by atoms with Gasteiger partial charge in [0.2, 0.25) is 5.91 Å². The molecule has 2 heterocycles. The highest BCUT2D eigenvalue weighted by molar-refractivity contribution is 6.25. The number of hydrogen-bond donors (Lipinski definition) is 1. The van der Waals surface area contributed by atoms with Crippen molar-refractivity contribution in [1.82, 2.24) is 10.3 Å². The second-order valence-corrected chi connectivity index (χ2v) is 7.51. The number of carbonyl (C=O) groups is 3. The lowest BCUT2D eigenvalue weighted by molar-refractivity contribution is -0.125. The van der Waals surface area contributed by atoms with E-state index in [1.807, 2.05) is 31.2 Å². The molecule has 2 aliphatic rings. The highest BCUT2D eigenvalue weighted by atomic mass is 16.5. The van der Waals surface area contributed by atoms with Gasteiger partial charge in [-0.15, -0.1) is 0 Å². The molecular formula is C22H23N5O5. The predicted octanol–water partition coefficient (Wildman–Crippen LogP) is 1.62. The number of carbonyl (C=O) groups excluding carboxylic acids is 3. The zero-order valence-corrected chi connectivity index (χ0v) is 17.9. The van der Waals surface area contributed by atoms with Gasteiger partial charge in [-0.05, 0) is 24.6 Å². The molecule has 2 aliphatic heterocycles. The third kappa shape index (κ3) is 3.86. The molecule has 1 N–H and O–H groups in total. The molecule has 0 radical (unpaired) electrons. The third-order valence-corrected chi connectivity index (χ3v) is 5.40.